The molecule has 0 spiro atoms. The van der Waals surface area contributed by atoms with E-state index < -0.39 is 11.5 Å². The smallest absolute Gasteiger partial charge is 0.325 e. The van der Waals surface area contributed by atoms with Crippen molar-refractivity contribution in [3.05, 3.63) is 21.9 Å². The van der Waals surface area contributed by atoms with Gasteiger partial charge in [-0.2, -0.15) is 0 Å². The van der Waals surface area contributed by atoms with E-state index in [2.05, 4.69) is 24.0 Å². The highest BCUT2D eigenvalue weighted by Gasteiger charge is 2.41. The number of hydrogen-bond acceptors (Lipinski definition) is 4. The van der Waals surface area contributed by atoms with E-state index in [1.54, 1.807) is 11.3 Å². The highest BCUT2D eigenvalue weighted by molar-refractivity contribution is 7.11. The zero-order chi connectivity index (χ0) is 12.5. The van der Waals surface area contributed by atoms with Gasteiger partial charge in [-0.15, -0.1) is 11.3 Å². The molecule has 1 aromatic rings. The standard InChI is InChI=1S/C12H18N2O2S/c1-2-9-3-4-10(17-9)7-14-6-5-12(13,8-14)11(15)16/h3-4H,2,5-8,13H2,1H3,(H,15,16). The number of rotatable bonds is 4. The fourth-order valence-corrected chi connectivity index (χ4v) is 3.14. The van der Waals surface area contributed by atoms with E-state index in [4.69, 9.17) is 10.8 Å². The van der Waals surface area contributed by atoms with Crippen LogP contribution in [0.25, 0.3) is 0 Å². The van der Waals surface area contributed by atoms with Crippen LogP contribution in [0.1, 0.15) is 23.1 Å². The van der Waals surface area contributed by atoms with E-state index in [9.17, 15) is 4.79 Å². The van der Waals surface area contributed by atoms with E-state index in [-0.39, 0.29) is 0 Å². The van der Waals surface area contributed by atoms with E-state index >= 15 is 0 Å². The SMILES string of the molecule is CCc1ccc(CN2CCC(N)(C(=O)O)C2)s1. The summed E-state index contributed by atoms with van der Waals surface area (Å²) in [5, 5.41) is 9.05. The molecule has 1 aliphatic rings. The normalized spacial score (nSPS) is 25.3. The summed E-state index contributed by atoms with van der Waals surface area (Å²) in [6.45, 7) is 4.17. The Bertz CT molecular complexity index is 418. The van der Waals surface area contributed by atoms with Crippen LogP contribution in [0.5, 0.6) is 0 Å². The summed E-state index contributed by atoms with van der Waals surface area (Å²) in [7, 11) is 0. The van der Waals surface area contributed by atoms with Gasteiger partial charge in [-0.1, -0.05) is 6.92 Å². The molecule has 5 heteroatoms. The molecule has 2 heterocycles. The number of likely N-dealkylation sites (tertiary alicyclic amines) is 1. The van der Waals surface area contributed by atoms with Gasteiger partial charge in [0.2, 0.25) is 0 Å². The van der Waals surface area contributed by atoms with E-state index in [1.165, 1.54) is 9.75 Å². The van der Waals surface area contributed by atoms with Gasteiger partial charge in [-0.25, -0.2) is 0 Å². The first-order valence-electron chi connectivity index (χ1n) is 5.86. The van der Waals surface area contributed by atoms with Gasteiger partial charge in [0.15, 0.2) is 0 Å². The van der Waals surface area contributed by atoms with Crippen molar-refractivity contribution in [1.82, 2.24) is 4.90 Å². The zero-order valence-corrected chi connectivity index (χ0v) is 10.8. The summed E-state index contributed by atoms with van der Waals surface area (Å²) in [6, 6.07) is 4.27. The van der Waals surface area contributed by atoms with Gasteiger partial charge in [-0.3, -0.25) is 9.69 Å². The van der Waals surface area contributed by atoms with Crippen molar-refractivity contribution in [3.63, 3.8) is 0 Å². The number of aliphatic carboxylic acids is 1. The van der Waals surface area contributed by atoms with Gasteiger partial charge in [0.05, 0.1) is 0 Å². The second kappa shape index (κ2) is 4.76. The van der Waals surface area contributed by atoms with Crippen LogP contribution in [0, 0.1) is 0 Å². The van der Waals surface area contributed by atoms with Crippen molar-refractivity contribution in [1.29, 1.82) is 0 Å². The minimum atomic E-state index is -1.05. The number of aryl methyl sites for hydroxylation is 1. The third kappa shape index (κ3) is 2.68. The second-order valence-electron chi connectivity index (χ2n) is 4.64. The van der Waals surface area contributed by atoms with Crippen LogP contribution in [-0.4, -0.2) is 34.6 Å². The Morgan fingerprint density at radius 3 is 2.82 bits per heavy atom. The minimum Gasteiger partial charge on any atom is -0.480 e. The third-order valence-electron chi connectivity index (χ3n) is 3.25. The molecule has 1 fully saturated rings. The molecule has 0 aliphatic carbocycles. The first kappa shape index (κ1) is 12.5. The van der Waals surface area contributed by atoms with Crippen molar-refractivity contribution in [2.45, 2.75) is 31.8 Å². The van der Waals surface area contributed by atoms with Gasteiger partial charge in [0.1, 0.15) is 5.54 Å². The van der Waals surface area contributed by atoms with Crippen molar-refractivity contribution >= 4 is 17.3 Å². The van der Waals surface area contributed by atoms with Gasteiger partial charge in [0.25, 0.3) is 0 Å². The number of nitrogens with zero attached hydrogens (tertiary/aromatic N) is 1. The van der Waals surface area contributed by atoms with Crippen molar-refractivity contribution in [3.8, 4) is 0 Å². The molecule has 1 atom stereocenters. The van der Waals surface area contributed by atoms with Crippen LogP contribution in [0.3, 0.4) is 0 Å². The van der Waals surface area contributed by atoms with Gasteiger partial charge in [-0.05, 0) is 25.0 Å². The zero-order valence-electron chi connectivity index (χ0n) is 9.98. The summed E-state index contributed by atoms with van der Waals surface area (Å²) in [4.78, 5) is 15.8. The maximum Gasteiger partial charge on any atom is 0.325 e. The Morgan fingerprint density at radius 2 is 2.29 bits per heavy atom. The summed E-state index contributed by atoms with van der Waals surface area (Å²) >= 11 is 1.80. The second-order valence-corrected chi connectivity index (χ2v) is 5.90. The number of hydrogen-bond donors (Lipinski definition) is 2. The van der Waals surface area contributed by atoms with E-state index in [0.29, 0.717) is 13.0 Å². The third-order valence-corrected chi connectivity index (χ3v) is 4.47. The average Bonchev–Trinajstić information content (AvgIpc) is 2.87. The lowest BCUT2D eigenvalue weighted by Crippen LogP contribution is -2.49. The summed E-state index contributed by atoms with van der Waals surface area (Å²) in [5.41, 5.74) is 4.79. The minimum absolute atomic E-state index is 0.446. The van der Waals surface area contributed by atoms with Crippen LogP contribution in [-0.2, 0) is 17.8 Å². The highest BCUT2D eigenvalue weighted by atomic mass is 32.1. The molecule has 1 unspecified atom stereocenters. The molecule has 4 nitrogen and oxygen atoms in total. The molecule has 94 valence electrons. The largest absolute Gasteiger partial charge is 0.480 e. The molecule has 0 radical (unpaired) electrons. The van der Waals surface area contributed by atoms with E-state index in [0.717, 1.165) is 19.5 Å². The maximum absolute atomic E-state index is 11.0. The molecule has 1 saturated heterocycles. The predicted molar refractivity (Wildman–Crippen MR) is 68.1 cm³/mol. The lowest BCUT2D eigenvalue weighted by Gasteiger charge is -2.19. The lowest BCUT2D eigenvalue weighted by molar-refractivity contribution is -0.142. The average molecular weight is 254 g/mol. The van der Waals surface area contributed by atoms with Crippen LogP contribution in [0.2, 0.25) is 0 Å². The first-order valence-corrected chi connectivity index (χ1v) is 6.67. The lowest BCUT2D eigenvalue weighted by atomic mass is 10.0. The number of carboxylic acids is 1. The Balaban J connectivity index is 1.96. The number of carboxylic acid groups (broad SMARTS) is 1. The Hall–Kier alpha value is -0.910. The molecule has 0 amide bonds. The van der Waals surface area contributed by atoms with Crippen molar-refractivity contribution < 1.29 is 9.90 Å². The van der Waals surface area contributed by atoms with Crippen LogP contribution >= 0.6 is 11.3 Å². The molecular weight excluding hydrogens is 236 g/mol. The molecule has 0 aromatic carbocycles. The molecule has 1 aliphatic heterocycles. The van der Waals surface area contributed by atoms with E-state index in [1.807, 2.05) is 0 Å². The summed E-state index contributed by atoms with van der Waals surface area (Å²) < 4.78 is 0. The number of thiophene rings is 1. The molecule has 3 N–H and O–H groups in total. The van der Waals surface area contributed by atoms with Crippen LogP contribution in [0.15, 0.2) is 12.1 Å². The summed E-state index contributed by atoms with van der Waals surface area (Å²) in [6.07, 6.45) is 1.59. The predicted octanol–water partition coefficient (Wildman–Crippen LogP) is 1.30. The monoisotopic (exact) mass is 254 g/mol. The topological polar surface area (TPSA) is 66.6 Å². The first-order chi connectivity index (χ1) is 8.03. The molecule has 2 rings (SSSR count). The Kier molecular flexibility index (Phi) is 3.51. The molecule has 0 bridgehead atoms. The van der Waals surface area contributed by atoms with Gasteiger partial charge in [0, 0.05) is 29.4 Å². The number of carbonyl (C=O) groups is 1. The quantitative estimate of drug-likeness (QED) is 0.850. The van der Waals surface area contributed by atoms with Crippen LogP contribution < -0.4 is 5.73 Å². The fraction of sp³-hybridized carbons (Fsp3) is 0.583. The maximum atomic E-state index is 11.0. The van der Waals surface area contributed by atoms with Gasteiger partial charge < -0.3 is 10.8 Å². The van der Waals surface area contributed by atoms with Crippen LogP contribution in [0.4, 0.5) is 0 Å². The van der Waals surface area contributed by atoms with Gasteiger partial charge >= 0.3 is 5.97 Å². The Labute approximate surface area is 105 Å². The molecule has 17 heavy (non-hydrogen) atoms. The van der Waals surface area contributed by atoms with Crippen molar-refractivity contribution in [2.75, 3.05) is 13.1 Å². The van der Waals surface area contributed by atoms with Crippen molar-refractivity contribution in [2.24, 2.45) is 5.73 Å². The molecule has 0 saturated carbocycles. The fourth-order valence-electron chi connectivity index (χ4n) is 2.14. The number of nitrogens with two attached hydrogens (primary N) is 1. The highest BCUT2D eigenvalue weighted by Crippen LogP contribution is 2.24. The Morgan fingerprint density at radius 1 is 1.59 bits per heavy atom. The molecular formula is C12H18N2O2S. The summed E-state index contributed by atoms with van der Waals surface area (Å²) in [5.74, 6) is -0.888. The molecule has 1 aromatic heterocycles.